The molecule has 0 fully saturated rings. The van der Waals surface area contributed by atoms with Crippen LogP contribution in [-0.4, -0.2) is 25.3 Å². The van der Waals surface area contributed by atoms with Crippen LogP contribution in [0.3, 0.4) is 0 Å². The van der Waals surface area contributed by atoms with Crippen LogP contribution in [0.4, 0.5) is 0 Å². The lowest BCUT2D eigenvalue weighted by molar-refractivity contribution is -0.114. The standard InChI is InChI=1S/C20H24N2O3/c1-4-15-10-7-9-13-18(15)25-14-16-11-6-8-12-17(16)19(22-24-3)20(23)21-5-2/h6-13H,4-5,14H2,1-3H3,(H,21,23). The summed E-state index contributed by atoms with van der Waals surface area (Å²) >= 11 is 0. The molecule has 132 valence electrons. The van der Waals surface area contributed by atoms with Crippen molar-refractivity contribution in [1.82, 2.24) is 5.32 Å². The van der Waals surface area contributed by atoms with Crippen LogP contribution < -0.4 is 10.1 Å². The van der Waals surface area contributed by atoms with Gasteiger partial charge in [0.05, 0.1) is 0 Å². The first-order chi connectivity index (χ1) is 12.2. The Hall–Kier alpha value is -2.82. The number of nitrogens with one attached hydrogen (secondary N) is 1. The number of aryl methyl sites for hydroxylation is 1. The van der Waals surface area contributed by atoms with Gasteiger partial charge >= 0.3 is 0 Å². The van der Waals surface area contributed by atoms with Crippen LogP contribution in [0.1, 0.15) is 30.5 Å². The number of para-hydroxylation sites is 1. The van der Waals surface area contributed by atoms with Gasteiger partial charge in [0.15, 0.2) is 5.71 Å². The fourth-order valence-corrected chi connectivity index (χ4v) is 2.52. The van der Waals surface area contributed by atoms with Crippen LogP contribution in [0, 0.1) is 0 Å². The van der Waals surface area contributed by atoms with Crippen molar-refractivity contribution in [3.05, 3.63) is 65.2 Å². The maximum absolute atomic E-state index is 12.3. The molecule has 5 nitrogen and oxygen atoms in total. The van der Waals surface area contributed by atoms with Crippen LogP contribution >= 0.6 is 0 Å². The summed E-state index contributed by atoms with van der Waals surface area (Å²) in [6, 6.07) is 15.5. The number of nitrogens with zero attached hydrogens (tertiary/aromatic N) is 1. The topological polar surface area (TPSA) is 59.9 Å². The van der Waals surface area contributed by atoms with Gasteiger partial charge in [-0.3, -0.25) is 4.79 Å². The first-order valence-electron chi connectivity index (χ1n) is 8.39. The molecular weight excluding hydrogens is 316 g/mol. The zero-order valence-electron chi connectivity index (χ0n) is 14.9. The molecule has 2 rings (SSSR count). The van der Waals surface area contributed by atoms with Gasteiger partial charge in [0.25, 0.3) is 5.91 Å². The second kappa shape index (κ2) is 9.47. The second-order valence-electron chi connectivity index (χ2n) is 5.39. The van der Waals surface area contributed by atoms with Crippen molar-refractivity contribution < 1.29 is 14.4 Å². The van der Waals surface area contributed by atoms with Crippen LogP contribution in [0.5, 0.6) is 5.75 Å². The monoisotopic (exact) mass is 340 g/mol. The van der Waals surface area contributed by atoms with Gasteiger partial charge in [0.1, 0.15) is 19.5 Å². The smallest absolute Gasteiger partial charge is 0.273 e. The molecule has 0 aliphatic heterocycles. The number of carbonyl (C=O) groups excluding carboxylic acids is 1. The van der Waals surface area contributed by atoms with Crippen LogP contribution in [-0.2, 0) is 22.7 Å². The maximum atomic E-state index is 12.3. The summed E-state index contributed by atoms with van der Waals surface area (Å²) in [4.78, 5) is 17.2. The van der Waals surface area contributed by atoms with Crippen LogP contribution in [0.25, 0.3) is 0 Å². The number of hydrogen-bond donors (Lipinski definition) is 1. The fourth-order valence-electron chi connectivity index (χ4n) is 2.52. The number of oxime groups is 1. The lowest BCUT2D eigenvalue weighted by Crippen LogP contribution is -2.32. The van der Waals surface area contributed by atoms with E-state index in [1.807, 2.05) is 55.5 Å². The highest BCUT2D eigenvalue weighted by Gasteiger charge is 2.18. The molecule has 0 spiro atoms. The molecule has 0 heterocycles. The molecular formula is C20H24N2O3. The van der Waals surface area contributed by atoms with Gasteiger partial charge in [-0.2, -0.15) is 0 Å². The van der Waals surface area contributed by atoms with E-state index >= 15 is 0 Å². The number of carbonyl (C=O) groups is 1. The summed E-state index contributed by atoms with van der Waals surface area (Å²) in [7, 11) is 1.43. The highest BCUT2D eigenvalue weighted by atomic mass is 16.6. The Morgan fingerprint density at radius 1 is 1.04 bits per heavy atom. The van der Waals surface area contributed by atoms with Gasteiger partial charge in [-0.05, 0) is 30.5 Å². The third-order valence-electron chi connectivity index (χ3n) is 3.74. The van der Waals surface area contributed by atoms with Crippen molar-refractivity contribution in [2.75, 3.05) is 13.7 Å². The minimum Gasteiger partial charge on any atom is -0.489 e. The predicted octanol–water partition coefficient (Wildman–Crippen LogP) is 3.31. The van der Waals surface area contributed by atoms with Gasteiger partial charge < -0.3 is 14.9 Å². The summed E-state index contributed by atoms with van der Waals surface area (Å²) < 4.78 is 6.00. The van der Waals surface area contributed by atoms with Crippen LogP contribution in [0.2, 0.25) is 0 Å². The minimum atomic E-state index is -0.272. The van der Waals surface area contributed by atoms with E-state index in [2.05, 4.69) is 17.4 Å². The Kier molecular flexibility index (Phi) is 7.01. The normalized spacial score (nSPS) is 11.1. The van der Waals surface area contributed by atoms with E-state index in [4.69, 9.17) is 9.57 Å². The number of hydrogen-bond acceptors (Lipinski definition) is 4. The summed E-state index contributed by atoms with van der Waals surface area (Å²) in [5.41, 5.74) is 2.96. The van der Waals surface area contributed by atoms with Crippen molar-refractivity contribution in [3.63, 3.8) is 0 Å². The van der Waals surface area contributed by atoms with Gasteiger partial charge in [-0.1, -0.05) is 54.5 Å². The minimum absolute atomic E-state index is 0.243. The molecule has 1 N–H and O–H groups in total. The molecule has 25 heavy (non-hydrogen) atoms. The van der Waals surface area contributed by atoms with Crippen molar-refractivity contribution >= 4 is 11.6 Å². The molecule has 0 atom stereocenters. The van der Waals surface area contributed by atoms with E-state index in [-0.39, 0.29) is 11.6 Å². The molecule has 0 bridgehead atoms. The predicted molar refractivity (Wildman–Crippen MR) is 98.8 cm³/mol. The molecule has 0 saturated heterocycles. The van der Waals surface area contributed by atoms with Crippen LogP contribution in [0.15, 0.2) is 53.7 Å². The van der Waals surface area contributed by atoms with E-state index in [9.17, 15) is 4.79 Å². The average molecular weight is 340 g/mol. The molecule has 0 aromatic heterocycles. The molecule has 0 aliphatic rings. The number of ether oxygens (including phenoxy) is 1. The van der Waals surface area contributed by atoms with Crippen molar-refractivity contribution in [1.29, 1.82) is 0 Å². The Labute approximate surface area is 148 Å². The van der Waals surface area contributed by atoms with Crippen molar-refractivity contribution in [2.45, 2.75) is 26.9 Å². The molecule has 0 radical (unpaired) electrons. The van der Waals surface area contributed by atoms with Gasteiger partial charge in [-0.25, -0.2) is 0 Å². The molecule has 5 heteroatoms. The second-order valence-corrected chi connectivity index (χ2v) is 5.39. The number of rotatable bonds is 8. The van der Waals surface area contributed by atoms with Crippen molar-refractivity contribution in [2.24, 2.45) is 5.16 Å². The molecule has 0 saturated carbocycles. The number of likely N-dealkylation sites (N-methyl/N-ethyl adjacent to an activating group) is 1. The lowest BCUT2D eigenvalue weighted by Gasteiger charge is -2.14. The Morgan fingerprint density at radius 2 is 1.72 bits per heavy atom. The average Bonchev–Trinajstić information content (AvgIpc) is 2.65. The van der Waals surface area contributed by atoms with E-state index in [0.29, 0.717) is 18.7 Å². The first kappa shape index (κ1) is 18.5. The number of amides is 1. The Morgan fingerprint density at radius 3 is 2.40 bits per heavy atom. The SMILES string of the molecule is CCNC(=O)C(=NOC)c1ccccc1COc1ccccc1CC. The lowest BCUT2D eigenvalue weighted by atomic mass is 10.0. The van der Waals surface area contributed by atoms with Gasteiger partial charge in [0.2, 0.25) is 0 Å². The van der Waals surface area contributed by atoms with Crippen molar-refractivity contribution in [3.8, 4) is 5.75 Å². The first-order valence-corrected chi connectivity index (χ1v) is 8.39. The summed E-state index contributed by atoms with van der Waals surface area (Å²) in [6.45, 7) is 4.81. The summed E-state index contributed by atoms with van der Waals surface area (Å²) in [6.07, 6.45) is 0.896. The third kappa shape index (κ3) is 4.83. The maximum Gasteiger partial charge on any atom is 0.273 e. The fraction of sp³-hybridized carbons (Fsp3) is 0.300. The van der Waals surface area contributed by atoms with Gasteiger partial charge in [0, 0.05) is 12.1 Å². The highest BCUT2D eigenvalue weighted by Crippen LogP contribution is 2.21. The summed E-state index contributed by atoms with van der Waals surface area (Å²) in [5.74, 6) is 0.578. The molecule has 1 amide bonds. The molecule has 2 aromatic rings. The highest BCUT2D eigenvalue weighted by molar-refractivity contribution is 6.45. The van der Waals surface area contributed by atoms with E-state index in [1.54, 1.807) is 0 Å². The quantitative estimate of drug-likeness (QED) is 0.592. The summed E-state index contributed by atoms with van der Waals surface area (Å²) in [5, 5.41) is 6.67. The zero-order chi connectivity index (χ0) is 18.1. The van der Waals surface area contributed by atoms with E-state index < -0.39 is 0 Å². The zero-order valence-corrected chi connectivity index (χ0v) is 14.9. The Bertz CT molecular complexity index is 741. The molecule has 0 aliphatic carbocycles. The Balaban J connectivity index is 2.28. The third-order valence-corrected chi connectivity index (χ3v) is 3.74. The van der Waals surface area contributed by atoms with Gasteiger partial charge in [-0.15, -0.1) is 0 Å². The largest absolute Gasteiger partial charge is 0.489 e. The molecule has 0 unspecified atom stereocenters. The van der Waals surface area contributed by atoms with E-state index in [1.165, 1.54) is 7.11 Å². The number of benzene rings is 2. The molecule has 2 aromatic carbocycles. The van der Waals surface area contributed by atoms with E-state index in [0.717, 1.165) is 23.3 Å².